The zero-order chi connectivity index (χ0) is 7.72. The molecular weight excluding hydrogens is 154 g/mol. The minimum Gasteiger partial charge on any atom is -0.477 e. The summed E-state index contributed by atoms with van der Waals surface area (Å²) in [4.78, 5) is 22.9. The van der Waals surface area contributed by atoms with Gasteiger partial charge in [-0.05, 0) is 6.92 Å². The quantitative estimate of drug-likeness (QED) is 0.624. The zero-order valence-corrected chi connectivity index (χ0v) is 5.99. The molecule has 4 nitrogen and oxygen atoms in total. The Kier molecular flexibility index (Phi) is 1.58. The fraction of sp³-hybridized carbons (Fsp3) is 0.200. The van der Waals surface area contributed by atoms with Gasteiger partial charge in [-0.1, -0.05) is 11.3 Å². The first-order valence-electron chi connectivity index (χ1n) is 2.54. The standard InChI is InChI=1S/C5H5NO3S/c1-2-3(4(7)8)10-5(9)6-2/h1H3,(H,6,9)(H,7,8). The molecule has 2 N–H and O–H groups in total. The molecule has 0 aliphatic heterocycles. The summed E-state index contributed by atoms with van der Waals surface area (Å²) in [7, 11) is 0. The Morgan fingerprint density at radius 2 is 2.30 bits per heavy atom. The molecule has 0 saturated heterocycles. The van der Waals surface area contributed by atoms with Gasteiger partial charge in [0, 0.05) is 5.69 Å². The van der Waals surface area contributed by atoms with Gasteiger partial charge in [-0.25, -0.2) is 4.79 Å². The van der Waals surface area contributed by atoms with E-state index in [1.807, 2.05) is 0 Å². The largest absolute Gasteiger partial charge is 0.477 e. The average molecular weight is 159 g/mol. The fourth-order valence-electron chi connectivity index (χ4n) is 0.609. The Labute approximate surface area is 60.1 Å². The first kappa shape index (κ1) is 7.01. The summed E-state index contributed by atoms with van der Waals surface area (Å²) in [6.07, 6.45) is 0. The third-order valence-corrected chi connectivity index (χ3v) is 1.99. The number of nitrogens with one attached hydrogen (secondary N) is 1. The van der Waals surface area contributed by atoms with Crippen molar-refractivity contribution in [2.24, 2.45) is 0 Å². The zero-order valence-electron chi connectivity index (χ0n) is 5.17. The fourth-order valence-corrected chi connectivity index (χ4v) is 1.29. The highest BCUT2D eigenvalue weighted by Gasteiger charge is 2.09. The molecule has 0 radical (unpaired) electrons. The summed E-state index contributed by atoms with van der Waals surface area (Å²) in [5.41, 5.74) is 0.419. The minimum atomic E-state index is -1.05. The Morgan fingerprint density at radius 1 is 1.70 bits per heavy atom. The Balaban J connectivity index is 3.28. The van der Waals surface area contributed by atoms with Crippen molar-refractivity contribution in [3.63, 3.8) is 0 Å². The van der Waals surface area contributed by atoms with E-state index in [0.717, 1.165) is 0 Å². The smallest absolute Gasteiger partial charge is 0.347 e. The molecule has 0 amide bonds. The third-order valence-electron chi connectivity index (χ3n) is 1.02. The van der Waals surface area contributed by atoms with Gasteiger partial charge in [0.2, 0.25) is 0 Å². The van der Waals surface area contributed by atoms with Gasteiger partial charge in [-0.3, -0.25) is 4.79 Å². The van der Waals surface area contributed by atoms with E-state index in [1.54, 1.807) is 6.92 Å². The number of aromatic amines is 1. The van der Waals surface area contributed by atoms with Crippen LogP contribution in [0, 0.1) is 6.92 Å². The number of hydrogen-bond acceptors (Lipinski definition) is 3. The molecule has 0 unspecified atom stereocenters. The van der Waals surface area contributed by atoms with Gasteiger partial charge in [-0.15, -0.1) is 0 Å². The van der Waals surface area contributed by atoms with E-state index in [0.29, 0.717) is 17.0 Å². The van der Waals surface area contributed by atoms with Gasteiger partial charge in [-0.2, -0.15) is 0 Å². The molecule has 0 aliphatic carbocycles. The predicted molar refractivity (Wildman–Crippen MR) is 36.6 cm³/mol. The van der Waals surface area contributed by atoms with E-state index >= 15 is 0 Å². The number of carboxylic acid groups (broad SMARTS) is 1. The lowest BCUT2D eigenvalue weighted by atomic mass is 10.4. The van der Waals surface area contributed by atoms with E-state index in [1.165, 1.54) is 0 Å². The topological polar surface area (TPSA) is 70.2 Å². The maximum atomic E-state index is 10.5. The lowest BCUT2D eigenvalue weighted by Gasteiger charge is -1.85. The highest BCUT2D eigenvalue weighted by atomic mass is 32.1. The maximum absolute atomic E-state index is 10.5. The molecule has 0 aliphatic rings. The van der Waals surface area contributed by atoms with Crippen LogP contribution in [-0.2, 0) is 0 Å². The average Bonchev–Trinajstić information content (AvgIpc) is 2.10. The Bertz CT molecular complexity index is 311. The van der Waals surface area contributed by atoms with Crippen LogP contribution < -0.4 is 4.87 Å². The van der Waals surface area contributed by atoms with Crippen molar-refractivity contribution in [1.82, 2.24) is 4.98 Å². The number of aromatic carboxylic acids is 1. The van der Waals surface area contributed by atoms with Gasteiger partial charge in [0.25, 0.3) is 0 Å². The summed E-state index contributed by atoms with van der Waals surface area (Å²) in [6, 6.07) is 0. The molecule has 0 fully saturated rings. The number of hydrogen-bond donors (Lipinski definition) is 2. The number of carbonyl (C=O) groups is 1. The molecule has 5 heteroatoms. The summed E-state index contributed by atoms with van der Waals surface area (Å²) in [5, 5.41) is 8.43. The van der Waals surface area contributed by atoms with Crippen molar-refractivity contribution in [3.8, 4) is 0 Å². The highest BCUT2D eigenvalue weighted by Crippen LogP contribution is 2.06. The number of aromatic nitrogens is 1. The number of rotatable bonds is 1. The van der Waals surface area contributed by atoms with Crippen LogP contribution in [0.5, 0.6) is 0 Å². The second-order valence-corrected chi connectivity index (χ2v) is 2.76. The van der Waals surface area contributed by atoms with Crippen LogP contribution in [0.25, 0.3) is 0 Å². The molecule has 0 saturated carbocycles. The SMILES string of the molecule is Cc1[nH]c(=O)sc1C(=O)O. The van der Waals surface area contributed by atoms with Crippen LogP contribution in [0.4, 0.5) is 0 Å². The molecule has 1 aromatic rings. The van der Waals surface area contributed by atoms with Crippen LogP contribution in [-0.4, -0.2) is 16.1 Å². The molecule has 0 bridgehead atoms. The highest BCUT2D eigenvalue weighted by molar-refractivity contribution is 7.11. The second kappa shape index (κ2) is 2.26. The van der Waals surface area contributed by atoms with Crippen LogP contribution in [0.15, 0.2) is 4.79 Å². The molecular formula is C5H5NO3S. The van der Waals surface area contributed by atoms with Crippen LogP contribution in [0.1, 0.15) is 15.4 Å². The molecule has 54 valence electrons. The number of carboxylic acids is 1. The van der Waals surface area contributed by atoms with Crippen molar-refractivity contribution in [3.05, 3.63) is 20.2 Å². The number of H-pyrrole nitrogens is 1. The molecule has 1 rings (SSSR count). The first-order chi connectivity index (χ1) is 4.61. The van der Waals surface area contributed by atoms with E-state index < -0.39 is 5.97 Å². The van der Waals surface area contributed by atoms with E-state index in [2.05, 4.69) is 4.98 Å². The van der Waals surface area contributed by atoms with Crippen molar-refractivity contribution in [2.75, 3.05) is 0 Å². The molecule has 10 heavy (non-hydrogen) atoms. The van der Waals surface area contributed by atoms with E-state index in [4.69, 9.17) is 5.11 Å². The van der Waals surface area contributed by atoms with Crippen molar-refractivity contribution >= 4 is 17.3 Å². The summed E-state index contributed by atoms with van der Waals surface area (Å²) < 4.78 is 0. The molecule has 1 aromatic heterocycles. The number of aryl methyl sites for hydroxylation is 1. The monoisotopic (exact) mass is 159 g/mol. The third kappa shape index (κ3) is 1.08. The molecule has 0 spiro atoms. The Morgan fingerprint density at radius 3 is 2.50 bits per heavy atom. The van der Waals surface area contributed by atoms with E-state index in [9.17, 15) is 9.59 Å². The second-order valence-electron chi connectivity index (χ2n) is 1.77. The van der Waals surface area contributed by atoms with Crippen molar-refractivity contribution < 1.29 is 9.90 Å². The lowest BCUT2D eigenvalue weighted by Crippen LogP contribution is -1.94. The predicted octanol–water partition coefficient (Wildman–Crippen LogP) is 0.443. The Hall–Kier alpha value is -1.10. The van der Waals surface area contributed by atoms with Gasteiger partial charge >= 0.3 is 10.8 Å². The van der Waals surface area contributed by atoms with Gasteiger partial charge in [0.15, 0.2) is 0 Å². The minimum absolute atomic E-state index is 0.0880. The van der Waals surface area contributed by atoms with Crippen molar-refractivity contribution in [1.29, 1.82) is 0 Å². The summed E-state index contributed by atoms with van der Waals surface area (Å²) in [6.45, 7) is 1.56. The van der Waals surface area contributed by atoms with Crippen LogP contribution in [0.3, 0.4) is 0 Å². The summed E-state index contributed by atoms with van der Waals surface area (Å²) >= 11 is 0.712. The summed E-state index contributed by atoms with van der Waals surface area (Å²) in [5.74, 6) is -1.05. The lowest BCUT2D eigenvalue weighted by molar-refractivity contribution is 0.0701. The first-order valence-corrected chi connectivity index (χ1v) is 3.36. The maximum Gasteiger partial charge on any atom is 0.347 e. The van der Waals surface area contributed by atoms with Crippen molar-refractivity contribution in [2.45, 2.75) is 6.92 Å². The van der Waals surface area contributed by atoms with Gasteiger partial charge < -0.3 is 10.1 Å². The number of thiazole rings is 1. The normalized spacial score (nSPS) is 9.70. The molecule has 1 heterocycles. The molecule has 0 atom stereocenters. The van der Waals surface area contributed by atoms with Crippen LogP contribution >= 0.6 is 11.3 Å². The van der Waals surface area contributed by atoms with E-state index in [-0.39, 0.29) is 9.75 Å². The van der Waals surface area contributed by atoms with Gasteiger partial charge in [0.05, 0.1) is 0 Å². The molecule has 0 aromatic carbocycles. The van der Waals surface area contributed by atoms with Crippen LogP contribution in [0.2, 0.25) is 0 Å². The van der Waals surface area contributed by atoms with Gasteiger partial charge in [0.1, 0.15) is 4.88 Å².